The van der Waals surface area contributed by atoms with Crippen molar-refractivity contribution < 1.29 is 9.90 Å². The molecule has 1 aromatic rings. The fourth-order valence-electron chi connectivity index (χ4n) is 3.35. The Morgan fingerprint density at radius 2 is 2.24 bits per heavy atom. The fourth-order valence-corrected chi connectivity index (χ4v) is 3.35. The average molecular weight is 290 g/mol. The van der Waals surface area contributed by atoms with Crippen LogP contribution in [0.15, 0.2) is 12.4 Å². The van der Waals surface area contributed by atoms with Gasteiger partial charge in [0.25, 0.3) is 5.91 Å². The quantitative estimate of drug-likeness (QED) is 0.869. The van der Waals surface area contributed by atoms with Crippen molar-refractivity contribution in [2.45, 2.75) is 32.3 Å². The molecule has 1 amide bonds. The molecule has 3 unspecified atom stereocenters. The molecule has 2 aliphatic rings. The summed E-state index contributed by atoms with van der Waals surface area (Å²) >= 11 is 0. The van der Waals surface area contributed by atoms with Crippen LogP contribution in [-0.2, 0) is 0 Å². The smallest absolute Gasteiger partial charge is 0.274 e. The fraction of sp³-hybridized carbons (Fsp3) is 0.667. The van der Waals surface area contributed by atoms with Gasteiger partial charge in [-0.1, -0.05) is 6.92 Å². The second-order valence-corrected chi connectivity index (χ2v) is 5.99. The van der Waals surface area contributed by atoms with Gasteiger partial charge < -0.3 is 15.3 Å². The Hall–Kier alpha value is -1.69. The first kappa shape index (κ1) is 14.3. The van der Waals surface area contributed by atoms with Crippen molar-refractivity contribution in [2.24, 2.45) is 11.8 Å². The molecule has 2 fully saturated rings. The molecule has 6 heteroatoms. The normalized spacial score (nSPS) is 27.7. The lowest BCUT2D eigenvalue weighted by Crippen LogP contribution is -2.31. The molecule has 1 aliphatic heterocycles. The highest BCUT2D eigenvalue weighted by atomic mass is 16.3. The molecule has 0 bridgehead atoms. The van der Waals surface area contributed by atoms with Gasteiger partial charge in [-0.15, -0.1) is 0 Å². The summed E-state index contributed by atoms with van der Waals surface area (Å²) in [5.41, 5.74) is 0.381. The van der Waals surface area contributed by atoms with Crippen LogP contribution in [0.1, 0.15) is 36.7 Å². The third kappa shape index (κ3) is 2.85. The molecule has 0 aromatic carbocycles. The standard InChI is InChI=1S/C15H22N4O2/c1-2-5-16-14-7-17-12(6-18-14)15(21)19-8-10-3-4-13(20)11(10)9-19/h6-7,10-11,13,20H,2-5,8-9H2,1H3,(H,16,18). The topological polar surface area (TPSA) is 78.4 Å². The number of hydrogen-bond donors (Lipinski definition) is 2. The van der Waals surface area contributed by atoms with Gasteiger partial charge in [0, 0.05) is 25.6 Å². The minimum Gasteiger partial charge on any atom is -0.393 e. The lowest BCUT2D eigenvalue weighted by molar-refractivity contribution is 0.0746. The van der Waals surface area contributed by atoms with Gasteiger partial charge >= 0.3 is 0 Å². The molecule has 6 nitrogen and oxygen atoms in total. The van der Waals surface area contributed by atoms with Gasteiger partial charge in [0.1, 0.15) is 11.5 Å². The van der Waals surface area contributed by atoms with Crippen LogP contribution in [0.4, 0.5) is 5.82 Å². The van der Waals surface area contributed by atoms with Crippen LogP contribution in [0.3, 0.4) is 0 Å². The molecule has 114 valence electrons. The van der Waals surface area contributed by atoms with E-state index in [1.54, 1.807) is 11.1 Å². The monoisotopic (exact) mass is 290 g/mol. The SMILES string of the molecule is CCCNc1cnc(C(=O)N2CC3CCC(O)C3C2)cn1. The second kappa shape index (κ2) is 5.97. The van der Waals surface area contributed by atoms with Gasteiger partial charge in [-0.05, 0) is 25.2 Å². The predicted octanol–water partition coefficient (Wildman–Crippen LogP) is 1.14. The highest BCUT2D eigenvalue weighted by molar-refractivity contribution is 5.92. The first-order valence-corrected chi connectivity index (χ1v) is 7.72. The number of nitrogens with one attached hydrogen (secondary N) is 1. The van der Waals surface area contributed by atoms with Crippen molar-refractivity contribution in [2.75, 3.05) is 25.0 Å². The number of rotatable bonds is 4. The van der Waals surface area contributed by atoms with Crippen molar-refractivity contribution in [3.8, 4) is 0 Å². The summed E-state index contributed by atoms with van der Waals surface area (Å²) in [6, 6.07) is 0. The first-order valence-electron chi connectivity index (χ1n) is 7.72. The largest absolute Gasteiger partial charge is 0.393 e. The molecule has 1 aliphatic carbocycles. The van der Waals surface area contributed by atoms with Gasteiger partial charge in [-0.25, -0.2) is 9.97 Å². The van der Waals surface area contributed by atoms with Gasteiger partial charge in [0.2, 0.25) is 0 Å². The zero-order valence-electron chi connectivity index (χ0n) is 12.3. The number of aliphatic hydroxyl groups excluding tert-OH is 1. The number of amides is 1. The first-order chi connectivity index (χ1) is 10.2. The maximum atomic E-state index is 12.4. The number of aliphatic hydroxyl groups is 1. The molecule has 3 rings (SSSR count). The summed E-state index contributed by atoms with van der Waals surface area (Å²) in [6.07, 6.45) is 5.79. The number of nitrogens with zero attached hydrogens (tertiary/aromatic N) is 3. The average Bonchev–Trinajstić information content (AvgIpc) is 3.07. The molecule has 2 heterocycles. The van der Waals surface area contributed by atoms with Gasteiger partial charge in [0.05, 0.1) is 18.5 Å². The van der Waals surface area contributed by atoms with Crippen LogP contribution in [0, 0.1) is 11.8 Å². The van der Waals surface area contributed by atoms with E-state index in [-0.39, 0.29) is 17.9 Å². The van der Waals surface area contributed by atoms with E-state index in [9.17, 15) is 9.90 Å². The number of fused-ring (bicyclic) bond motifs is 1. The maximum Gasteiger partial charge on any atom is 0.274 e. The highest BCUT2D eigenvalue weighted by Gasteiger charge is 2.43. The van der Waals surface area contributed by atoms with Gasteiger partial charge in [0.15, 0.2) is 0 Å². The van der Waals surface area contributed by atoms with Crippen molar-refractivity contribution in [1.82, 2.24) is 14.9 Å². The molecular weight excluding hydrogens is 268 g/mol. The summed E-state index contributed by atoms with van der Waals surface area (Å²) < 4.78 is 0. The number of hydrogen-bond acceptors (Lipinski definition) is 5. The Morgan fingerprint density at radius 1 is 1.38 bits per heavy atom. The summed E-state index contributed by atoms with van der Waals surface area (Å²) in [5.74, 6) is 1.31. The lowest BCUT2D eigenvalue weighted by Gasteiger charge is -2.17. The van der Waals surface area contributed by atoms with Crippen molar-refractivity contribution in [3.05, 3.63) is 18.1 Å². The third-order valence-electron chi connectivity index (χ3n) is 4.53. The second-order valence-electron chi connectivity index (χ2n) is 5.99. The molecule has 0 spiro atoms. The van der Waals surface area contributed by atoms with Crippen molar-refractivity contribution >= 4 is 11.7 Å². The van der Waals surface area contributed by atoms with Gasteiger partial charge in [-0.2, -0.15) is 0 Å². The molecule has 1 saturated heterocycles. The van der Waals surface area contributed by atoms with E-state index in [0.717, 1.165) is 32.4 Å². The van der Waals surface area contributed by atoms with Crippen LogP contribution in [0.2, 0.25) is 0 Å². The molecular formula is C15H22N4O2. The Bertz CT molecular complexity index is 505. The Morgan fingerprint density at radius 3 is 2.90 bits per heavy atom. The maximum absolute atomic E-state index is 12.4. The van der Waals surface area contributed by atoms with E-state index in [2.05, 4.69) is 22.2 Å². The van der Waals surface area contributed by atoms with E-state index in [1.165, 1.54) is 6.20 Å². The Kier molecular flexibility index (Phi) is 4.05. The zero-order chi connectivity index (χ0) is 14.8. The summed E-state index contributed by atoms with van der Waals surface area (Å²) in [5, 5.41) is 13.1. The molecule has 0 radical (unpaired) electrons. The summed E-state index contributed by atoms with van der Waals surface area (Å²) in [4.78, 5) is 22.7. The van der Waals surface area contributed by atoms with Crippen molar-refractivity contribution in [3.63, 3.8) is 0 Å². The van der Waals surface area contributed by atoms with E-state index in [1.807, 2.05) is 0 Å². The molecule has 21 heavy (non-hydrogen) atoms. The number of aromatic nitrogens is 2. The van der Waals surface area contributed by atoms with E-state index >= 15 is 0 Å². The number of likely N-dealkylation sites (tertiary alicyclic amines) is 1. The number of carbonyl (C=O) groups excluding carboxylic acids is 1. The van der Waals surface area contributed by atoms with Crippen LogP contribution in [-0.4, -0.2) is 51.6 Å². The lowest BCUT2D eigenvalue weighted by atomic mass is 10.00. The van der Waals surface area contributed by atoms with E-state index in [0.29, 0.717) is 24.0 Å². The minimum atomic E-state index is -0.250. The van der Waals surface area contributed by atoms with Crippen molar-refractivity contribution in [1.29, 1.82) is 0 Å². The van der Waals surface area contributed by atoms with Crippen LogP contribution in [0.5, 0.6) is 0 Å². The number of carbonyl (C=O) groups is 1. The van der Waals surface area contributed by atoms with Gasteiger partial charge in [-0.3, -0.25) is 4.79 Å². The zero-order valence-corrected chi connectivity index (χ0v) is 12.3. The van der Waals surface area contributed by atoms with E-state index < -0.39 is 0 Å². The summed E-state index contributed by atoms with van der Waals surface area (Å²) in [6.45, 7) is 4.30. The Labute approximate surface area is 124 Å². The third-order valence-corrected chi connectivity index (χ3v) is 4.53. The minimum absolute atomic E-state index is 0.0776. The number of anilines is 1. The molecule has 1 saturated carbocycles. The molecule has 1 aromatic heterocycles. The van der Waals surface area contributed by atoms with Crippen LogP contribution in [0.25, 0.3) is 0 Å². The highest BCUT2D eigenvalue weighted by Crippen LogP contribution is 2.38. The van der Waals surface area contributed by atoms with Crippen LogP contribution < -0.4 is 5.32 Å². The van der Waals surface area contributed by atoms with E-state index in [4.69, 9.17) is 0 Å². The summed E-state index contributed by atoms with van der Waals surface area (Å²) in [7, 11) is 0. The molecule has 3 atom stereocenters. The molecule has 2 N–H and O–H groups in total. The van der Waals surface area contributed by atoms with Crippen LogP contribution >= 0.6 is 0 Å². The predicted molar refractivity (Wildman–Crippen MR) is 78.9 cm³/mol. The Balaban J connectivity index is 1.63.